The average Bonchev–Trinajstić information content (AvgIpc) is 2.39. The van der Waals surface area contributed by atoms with Gasteiger partial charge in [0.25, 0.3) is 0 Å². The van der Waals surface area contributed by atoms with E-state index < -0.39 is 12.0 Å². The number of nitrogens with one attached hydrogen (secondary N) is 1. The lowest BCUT2D eigenvalue weighted by molar-refractivity contribution is -0.139. The molecular formula is C14H20N2O3. The molecule has 0 aliphatic carbocycles. The Morgan fingerprint density at radius 1 is 1.32 bits per heavy atom. The molecule has 0 spiro atoms. The van der Waals surface area contributed by atoms with E-state index in [1.54, 1.807) is 7.05 Å². The minimum atomic E-state index is -0.997. The van der Waals surface area contributed by atoms with Crippen molar-refractivity contribution < 1.29 is 14.7 Å². The Hall–Kier alpha value is -2.04. The molecule has 2 N–H and O–H groups in total. The maximum Gasteiger partial charge on any atom is 0.326 e. The number of carboxylic acid groups (broad SMARTS) is 1. The second-order valence-corrected chi connectivity index (χ2v) is 4.47. The molecule has 0 saturated heterocycles. The predicted molar refractivity (Wildman–Crippen MR) is 72.8 cm³/mol. The van der Waals surface area contributed by atoms with Gasteiger partial charge in [0.1, 0.15) is 6.04 Å². The van der Waals surface area contributed by atoms with Crippen molar-refractivity contribution in [1.82, 2.24) is 10.2 Å². The molecule has 1 aromatic rings. The van der Waals surface area contributed by atoms with Crippen LogP contribution in [0.3, 0.4) is 0 Å². The summed E-state index contributed by atoms with van der Waals surface area (Å²) >= 11 is 0. The third-order valence-electron chi connectivity index (χ3n) is 2.78. The number of benzene rings is 1. The second-order valence-electron chi connectivity index (χ2n) is 4.47. The van der Waals surface area contributed by atoms with Crippen LogP contribution in [0.1, 0.15) is 25.3 Å². The van der Waals surface area contributed by atoms with Crippen LogP contribution in [-0.2, 0) is 11.3 Å². The van der Waals surface area contributed by atoms with E-state index in [-0.39, 0.29) is 6.03 Å². The number of rotatable bonds is 6. The van der Waals surface area contributed by atoms with Gasteiger partial charge in [-0.05, 0) is 12.0 Å². The van der Waals surface area contributed by atoms with Crippen molar-refractivity contribution >= 4 is 12.0 Å². The Balaban J connectivity index is 2.54. The zero-order valence-corrected chi connectivity index (χ0v) is 11.3. The highest BCUT2D eigenvalue weighted by molar-refractivity contribution is 5.82. The van der Waals surface area contributed by atoms with Crippen molar-refractivity contribution in [3.8, 4) is 0 Å². The van der Waals surface area contributed by atoms with Gasteiger partial charge in [-0.3, -0.25) is 0 Å². The zero-order valence-electron chi connectivity index (χ0n) is 11.3. The fourth-order valence-electron chi connectivity index (χ4n) is 1.73. The van der Waals surface area contributed by atoms with Crippen molar-refractivity contribution in [2.45, 2.75) is 32.4 Å². The lowest BCUT2D eigenvalue weighted by Gasteiger charge is -2.21. The van der Waals surface area contributed by atoms with Crippen LogP contribution < -0.4 is 5.32 Å². The summed E-state index contributed by atoms with van der Waals surface area (Å²) in [5.41, 5.74) is 1.00. The highest BCUT2D eigenvalue weighted by Gasteiger charge is 2.20. The molecule has 0 heterocycles. The van der Waals surface area contributed by atoms with Gasteiger partial charge in [-0.15, -0.1) is 0 Å². The largest absolute Gasteiger partial charge is 0.480 e. The number of aliphatic carboxylic acids is 1. The summed E-state index contributed by atoms with van der Waals surface area (Å²) in [7, 11) is 1.65. The molecule has 2 amide bonds. The maximum atomic E-state index is 11.9. The molecule has 5 nitrogen and oxygen atoms in total. The quantitative estimate of drug-likeness (QED) is 0.826. The van der Waals surface area contributed by atoms with Crippen LogP contribution in [0, 0.1) is 0 Å². The van der Waals surface area contributed by atoms with E-state index in [9.17, 15) is 9.59 Å². The molecular weight excluding hydrogens is 244 g/mol. The normalized spacial score (nSPS) is 11.7. The van der Waals surface area contributed by atoms with Gasteiger partial charge in [0.15, 0.2) is 0 Å². The Morgan fingerprint density at radius 3 is 2.47 bits per heavy atom. The third kappa shape index (κ3) is 4.99. The summed E-state index contributed by atoms with van der Waals surface area (Å²) in [4.78, 5) is 24.3. The lowest BCUT2D eigenvalue weighted by Crippen LogP contribution is -2.46. The minimum Gasteiger partial charge on any atom is -0.480 e. The third-order valence-corrected chi connectivity index (χ3v) is 2.78. The van der Waals surface area contributed by atoms with Crippen LogP contribution in [-0.4, -0.2) is 35.1 Å². The number of hydrogen-bond donors (Lipinski definition) is 2. The number of amides is 2. The topological polar surface area (TPSA) is 69.6 Å². The molecule has 0 fully saturated rings. The molecule has 19 heavy (non-hydrogen) atoms. The number of nitrogens with zero attached hydrogens (tertiary/aromatic N) is 1. The van der Waals surface area contributed by atoms with Gasteiger partial charge in [-0.25, -0.2) is 9.59 Å². The number of urea groups is 1. The van der Waals surface area contributed by atoms with Crippen LogP contribution in [0.4, 0.5) is 4.79 Å². The second kappa shape index (κ2) is 7.41. The molecule has 0 aromatic heterocycles. The van der Waals surface area contributed by atoms with E-state index in [1.165, 1.54) is 4.90 Å². The summed E-state index contributed by atoms with van der Waals surface area (Å²) < 4.78 is 0. The summed E-state index contributed by atoms with van der Waals surface area (Å²) in [6.07, 6.45) is 1.14. The Morgan fingerprint density at radius 2 is 1.95 bits per heavy atom. The molecule has 0 saturated carbocycles. The molecule has 5 heteroatoms. The van der Waals surface area contributed by atoms with Gasteiger partial charge in [-0.2, -0.15) is 0 Å². The summed E-state index contributed by atoms with van der Waals surface area (Å²) in [5, 5.41) is 11.5. The highest BCUT2D eigenvalue weighted by atomic mass is 16.4. The Bertz CT molecular complexity index is 420. The van der Waals surface area contributed by atoms with Crippen molar-refractivity contribution in [2.75, 3.05) is 7.05 Å². The predicted octanol–water partition coefficient (Wildman–Crippen LogP) is 2.08. The van der Waals surface area contributed by atoms with Crippen LogP contribution in [0.5, 0.6) is 0 Å². The smallest absolute Gasteiger partial charge is 0.326 e. The van der Waals surface area contributed by atoms with Crippen LogP contribution in [0.15, 0.2) is 30.3 Å². The van der Waals surface area contributed by atoms with Crippen molar-refractivity contribution in [3.63, 3.8) is 0 Å². The SMILES string of the molecule is CCC[C@H](NC(=O)N(C)Cc1ccccc1)C(=O)O. The first-order valence-electron chi connectivity index (χ1n) is 6.33. The van der Waals surface area contributed by atoms with E-state index >= 15 is 0 Å². The molecule has 1 aromatic carbocycles. The van der Waals surface area contributed by atoms with E-state index in [2.05, 4.69) is 5.32 Å². The van der Waals surface area contributed by atoms with E-state index in [4.69, 9.17) is 5.11 Å². The maximum absolute atomic E-state index is 11.9. The fourth-order valence-corrected chi connectivity index (χ4v) is 1.73. The monoisotopic (exact) mass is 264 g/mol. The molecule has 1 atom stereocenters. The van der Waals surface area contributed by atoms with Crippen LogP contribution >= 0.6 is 0 Å². The minimum absolute atomic E-state index is 0.371. The molecule has 104 valence electrons. The standard InChI is InChI=1S/C14H20N2O3/c1-3-7-12(13(17)18)15-14(19)16(2)10-11-8-5-4-6-9-11/h4-6,8-9,12H,3,7,10H2,1-2H3,(H,15,19)(H,17,18)/t12-/m0/s1. The van der Waals surface area contributed by atoms with Gasteiger partial charge < -0.3 is 15.3 Å². The number of carbonyl (C=O) groups is 2. The van der Waals surface area contributed by atoms with Gasteiger partial charge in [0.05, 0.1) is 0 Å². The van der Waals surface area contributed by atoms with Gasteiger partial charge >= 0.3 is 12.0 Å². The van der Waals surface area contributed by atoms with Crippen LogP contribution in [0.25, 0.3) is 0 Å². The fraction of sp³-hybridized carbons (Fsp3) is 0.429. The summed E-state index contributed by atoms with van der Waals surface area (Å²) in [5.74, 6) is -0.997. The molecule has 0 bridgehead atoms. The van der Waals surface area contributed by atoms with Gasteiger partial charge in [0, 0.05) is 13.6 Å². The molecule has 0 aliphatic heterocycles. The van der Waals surface area contributed by atoms with Crippen LogP contribution in [0.2, 0.25) is 0 Å². The van der Waals surface area contributed by atoms with Crippen molar-refractivity contribution in [3.05, 3.63) is 35.9 Å². The van der Waals surface area contributed by atoms with E-state index in [1.807, 2.05) is 37.3 Å². The summed E-state index contributed by atoms with van der Waals surface area (Å²) in [6.45, 7) is 2.33. The first-order valence-corrected chi connectivity index (χ1v) is 6.33. The number of hydrogen-bond acceptors (Lipinski definition) is 2. The van der Waals surface area contributed by atoms with Crippen molar-refractivity contribution in [2.24, 2.45) is 0 Å². The average molecular weight is 264 g/mol. The molecule has 0 radical (unpaired) electrons. The lowest BCUT2D eigenvalue weighted by atomic mass is 10.2. The molecule has 0 aliphatic rings. The zero-order chi connectivity index (χ0) is 14.3. The first-order chi connectivity index (χ1) is 9.04. The number of carbonyl (C=O) groups excluding carboxylic acids is 1. The Kier molecular flexibility index (Phi) is 5.85. The summed E-state index contributed by atoms with van der Waals surface area (Å²) in [6, 6.07) is 8.36. The highest BCUT2D eigenvalue weighted by Crippen LogP contribution is 2.04. The van der Waals surface area contributed by atoms with E-state index in [0.29, 0.717) is 19.4 Å². The Labute approximate surface area is 113 Å². The van der Waals surface area contributed by atoms with Crippen molar-refractivity contribution in [1.29, 1.82) is 0 Å². The molecule has 0 unspecified atom stereocenters. The van der Waals surface area contributed by atoms with Gasteiger partial charge in [0.2, 0.25) is 0 Å². The van der Waals surface area contributed by atoms with E-state index in [0.717, 1.165) is 5.56 Å². The number of carboxylic acids is 1. The van der Waals surface area contributed by atoms with Gasteiger partial charge in [-0.1, -0.05) is 43.7 Å². The first kappa shape index (κ1) is 15.0. The molecule has 1 rings (SSSR count).